The fourth-order valence-electron chi connectivity index (χ4n) is 3.50. The fraction of sp³-hybridized carbons (Fsp3) is 0.286. The van der Waals surface area contributed by atoms with Gasteiger partial charge in [-0.05, 0) is 11.6 Å². The van der Waals surface area contributed by atoms with Crippen molar-refractivity contribution >= 4 is 58.0 Å². The molecule has 4 rings (SSSR count). The number of carboxylic acid groups (broad SMARTS) is 1. The summed E-state index contributed by atoms with van der Waals surface area (Å²) in [5.74, 6) is -2.32. The number of nitrogens with one attached hydrogen (secondary N) is 1. The topological polar surface area (TPSA) is 176 Å². The first-order valence-corrected chi connectivity index (χ1v) is 12.1. The first-order chi connectivity index (χ1) is 16.8. The molecular weight excluding hydrogens is 517 g/mol. The van der Waals surface area contributed by atoms with Crippen LogP contribution < -0.4 is 45.7 Å². The summed E-state index contributed by atoms with van der Waals surface area (Å²) in [6.45, 7) is 3.47. The fourth-order valence-corrected chi connectivity index (χ4v) is 5.44. The molecule has 2 unspecified atom stereocenters. The third kappa shape index (κ3) is 5.78. The molecule has 0 spiro atoms. The summed E-state index contributed by atoms with van der Waals surface area (Å²) >= 11 is 2.12. The Morgan fingerprint density at radius 1 is 1.47 bits per heavy atom. The van der Waals surface area contributed by atoms with Gasteiger partial charge < -0.3 is 30.7 Å². The third-order valence-corrected chi connectivity index (χ3v) is 7.39. The number of nitrogens with two attached hydrogens (primary N) is 1. The van der Waals surface area contributed by atoms with Crippen LogP contribution in [0.1, 0.15) is 11.4 Å². The Morgan fingerprint density at radius 3 is 2.92 bits per heavy atom. The zero-order chi connectivity index (χ0) is 25.0. The van der Waals surface area contributed by atoms with Crippen LogP contribution in [0.2, 0.25) is 0 Å². The third-order valence-electron chi connectivity index (χ3n) is 5.29. The standard InChI is InChI=1S/C21H21N7O5S2.Na/c1-2-8-33-26-13(15-25-20(22)35-27-15)16(29)24-14-17(30)28-10-21(19(31)32,11-34-18(14)28)6-5-12-4-3-7-23-9-12;/h2-7,9,14,18H,1,8,10-11H2,(H,24,29)(H,31,32)(H2,22,25,27);/q;+1/p-1/t14?,18-,21?;/m1./s1. The Bertz CT molecular complexity index is 1210. The molecule has 0 saturated carbocycles. The van der Waals surface area contributed by atoms with Crippen LogP contribution in [0.25, 0.3) is 6.08 Å². The number of aliphatic carboxylic acids is 1. The maximum atomic E-state index is 12.9. The predicted octanol–water partition coefficient (Wildman–Crippen LogP) is -3.72. The van der Waals surface area contributed by atoms with Crippen LogP contribution in [0.5, 0.6) is 0 Å². The predicted molar refractivity (Wildman–Crippen MR) is 128 cm³/mol. The smallest absolute Gasteiger partial charge is 0.549 e. The molecule has 36 heavy (non-hydrogen) atoms. The number of carbonyl (C=O) groups excluding carboxylic acids is 3. The Kier molecular flexibility index (Phi) is 9.24. The van der Waals surface area contributed by atoms with Gasteiger partial charge in [0, 0.05) is 36.2 Å². The molecule has 2 amide bonds. The van der Waals surface area contributed by atoms with Gasteiger partial charge in [0.2, 0.25) is 17.4 Å². The van der Waals surface area contributed by atoms with E-state index in [1.165, 1.54) is 28.8 Å². The molecule has 3 atom stereocenters. The van der Waals surface area contributed by atoms with E-state index in [0.717, 1.165) is 17.1 Å². The largest absolute Gasteiger partial charge is 1.00 e. The van der Waals surface area contributed by atoms with Crippen molar-refractivity contribution in [3.8, 4) is 0 Å². The Hall–Kier alpha value is -2.78. The average molecular weight is 538 g/mol. The first kappa shape index (κ1) is 27.8. The number of amides is 2. The number of hydrogen-bond acceptors (Lipinski definition) is 12. The number of rotatable bonds is 9. The molecule has 2 aromatic rings. The Morgan fingerprint density at radius 2 is 2.28 bits per heavy atom. The van der Waals surface area contributed by atoms with Crippen molar-refractivity contribution < 1.29 is 53.9 Å². The van der Waals surface area contributed by atoms with Crippen molar-refractivity contribution in [3.63, 3.8) is 0 Å². The second-order valence-corrected chi connectivity index (χ2v) is 9.55. The molecular formula is C21H20N7NaO5S2. The minimum absolute atomic E-state index is 0. The number of carboxylic acids is 1. The zero-order valence-electron chi connectivity index (χ0n) is 19.2. The van der Waals surface area contributed by atoms with E-state index in [4.69, 9.17) is 10.6 Å². The van der Waals surface area contributed by atoms with E-state index in [-0.39, 0.29) is 65.1 Å². The van der Waals surface area contributed by atoms with Crippen LogP contribution in [0.4, 0.5) is 5.13 Å². The molecule has 12 nitrogen and oxygen atoms in total. The van der Waals surface area contributed by atoms with E-state index in [1.807, 2.05) is 0 Å². The molecule has 0 aliphatic carbocycles. The number of nitrogens with zero attached hydrogens (tertiary/aromatic N) is 5. The van der Waals surface area contributed by atoms with Crippen molar-refractivity contribution in [2.45, 2.75) is 11.4 Å². The summed E-state index contributed by atoms with van der Waals surface area (Å²) in [4.78, 5) is 52.2. The van der Waals surface area contributed by atoms with E-state index in [2.05, 4.69) is 31.4 Å². The van der Waals surface area contributed by atoms with Gasteiger partial charge in [-0.3, -0.25) is 14.6 Å². The second kappa shape index (κ2) is 12.0. The van der Waals surface area contributed by atoms with Crippen LogP contribution in [0.3, 0.4) is 0 Å². The van der Waals surface area contributed by atoms with Crippen molar-refractivity contribution in [2.24, 2.45) is 10.6 Å². The van der Waals surface area contributed by atoms with E-state index in [9.17, 15) is 19.5 Å². The Labute approximate surface area is 236 Å². The minimum atomic E-state index is -1.38. The number of oxime groups is 1. The van der Waals surface area contributed by atoms with E-state index < -0.39 is 34.6 Å². The number of pyridine rings is 1. The molecule has 3 N–H and O–H groups in total. The summed E-state index contributed by atoms with van der Waals surface area (Å²) in [7, 11) is 0. The maximum absolute atomic E-state index is 12.9. The van der Waals surface area contributed by atoms with E-state index in [1.54, 1.807) is 30.6 Å². The van der Waals surface area contributed by atoms with Crippen molar-refractivity contribution in [1.29, 1.82) is 0 Å². The minimum Gasteiger partial charge on any atom is -0.549 e. The summed E-state index contributed by atoms with van der Waals surface area (Å²) in [5, 5.41) is 18.1. The molecule has 0 radical (unpaired) electrons. The number of β-lactam (4-membered cyclic amide) rings is 1. The molecule has 182 valence electrons. The number of carbonyl (C=O) groups is 3. The number of anilines is 1. The summed E-state index contributed by atoms with van der Waals surface area (Å²) < 4.78 is 3.97. The molecule has 2 aliphatic heterocycles. The number of hydrogen-bond donors (Lipinski definition) is 2. The summed E-state index contributed by atoms with van der Waals surface area (Å²) in [6.07, 6.45) is 7.83. The molecule has 2 saturated heterocycles. The van der Waals surface area contributed by atoms with Gasteiger partial charge in [0.1, 0.15) is 18.0 Å². The number of thioether (sulfide) groups is 1. The van der Waals surface area contributed by atoms with E-state index >= 15 is 0 Å². The van der Waals surface area contributed by atoms with Gasteiger partial charge in [-0.2, -0.15) is 9.36 Å². The van der Waals surface area contributed by atoms with Gasteiger partial charge >= 0.3 is 29.6 Å². The quantitative estimate of drug-likeness (QED) is 0.0808. The molecule has 4 heterocycles. The molecule has 0 aromatic carbocycles. The van der Waals surface area contributed by atoms with Gasteiger partial charge in [-0.1, -0.05) is 36.0 Å². The van der Waals surface area contributed by atoms with Crippen molar-refractivity contribution in [1.82, 2.24) is 24.6 Å². The second-order valence-electron chi connectivity index (χ2n) is 7.66. The molecule has 15 heteroatoms. The Balaban J connectivity index is 0.00000361. The van der Waals surface area contributed by atoms with Crippen LogP contribution in [0.15, 0.2) is 48.4 Å². The molecule has 2 aromatic heterocycles. The molecule has 2 aliphatic rings. The van der Waals surface area contributed by atoms with Crippen LogP contribution in [-0.4, -0.2) is 73.1 Å². The van der Waals surface area contributed by atoms with E-state index in [0.29, 0.717) is 0 Å². The van der Waals surface area contributed by atoms with Crippen LogP contribution in [-0.2, 0) is 19.2 Å². The molecule has 2 fully saturated rings. The maximum Gasteiger partial charge on any atom is 1.00 e. The monoisotopic (exact) mass is 537 g/mol. The van der Waals surface area contributed by atoms with Gasteiger partial charge in [0.15, 0.2) is 5.13 Å². The van der Waals surface area contributed by atoms with Gasteiger partial charge in [0.05, 0.1) is 11.4 Å². The van der Waals surface area contributed by atoms with Gasteiger partial charge in [0.25, 0.3) is 5.91 Å². The van der Waals surface area contributed by atoms with Gasteiger partial charge in [-0.25, -0.2) is 0 Å². The number of nitrogen functional groups attached to an aromatic ring is 1. The van der Waals surface area contributed by atoms with Crippen molar-refractivity contribution in [3.05, 3.63) is 54.6 Å². The normalized spacial score (nSPS) is 23.3. The number of fused-ring (bicyclic) bond motifs is 1. The SMILES string of the molecule is C=CCON=C(C(=O)NC1C(=O)N2CC(C=Cc3cccnc3)(C(=O)[O-])CS[C@H]12)c1nsc(N)n1.[Na+]. The van der Waals surface area contributed by atoms with Gasteiger partial charge in [-0.15, -0.1) is 11.8 Å². The number of aromatic nitrogens is 3. The van der Waals surface area contributed by atoms with Crippen LogP contribution >= 0.6 is 23.3 Å². The average Bonchev–Trinajstić information content (AvgIpc) is 3.29. The zero-order valence-corrected chi connectivity index (χ0v) is 22.8. The molecule has 0 bridgehead atoms. The summed E-state index contributed by atoms with van der Waals surface area (Å²) in [6, 6.07) is 2.64. The first-order valence-electron chi connectivity index (χ1n) is 10.3. The summed E-state index contributed by atoms with van der Waals surface area (Å²) in [5.41, 5.74) is 4.71. The van der Waals surface area contributed by atoms with Crippen molar-refractivity contribution in [2.75, 3.05) is 24.6 Å². The van der Waals surface area contributed by atoms with Crippen LogP contribution in [0, 0.1) is 5.41 Å².